The first-order chi connectivity index (χ1) is 10.6. The largest absolute Gasteiger partial charge is 0.392 e. The van der Waals surface area contributed by atoms with Crippen LogP contribution < -0.4 is 10.6 Å². The molecule has 2 aromatic rings. The Balaban J connectivity index is 1.79. The summed E-state index contributed by atoms with van der Waals surface area (Å²) in [5, 5.41) is 14.4. The van der Waals surface area contributed by atoms with Crippen molar-refractivity contribution in [1.82, 2.24) is 5.32 Å². The number of aliphatic hydroxyl groups is 1. The van der Waals surface area contributed by atoms with E-state index in [9.17, 15) is 9.18 Å². The van der Waals surface area contributed by atoms with Crippen LogP contribution in [0.2, 0.25) is 5.02 Å². The van der Waals surface area contributed by atoms with E-state index < -0.39 is 11.8 Å². The minimum Gasteiger partial charge on any atom is -0.392 e. The van der Waals surface area contributed by atoms with Crippen LogP contribution in [0.25, 0.3) is 0 Å². The van der Waals surface area contributed by atoms with Gasteiger partial charge in [0.05, 0.1) is 17.3 Å². The number of halogens is 2. The van der Waals surface area contributed by atoms with Crippen molar-refractivity contribution in [2.45, 2.75) is 13.0 Å². The fourth-order valence-electron chi connectivity index (χ4n) is 1.89. The Morgan fingerprint density at radius 2 is 1.82 bits per heavy atom. The van der Waals surface area contributed by atoms with Crippen molar-refractivity contribution < 1.29 is 14.3 Å². The molecule has 0 heterocycles. The van der Waals surface area contributed by atoms with Gasteiger partial charge in [-0.3, -0.25) is 0 Å². The standard InChI is InChI=1S/C16H16ClFN2O2/c17-14-9-13(18)5-6-15(14)20-16(22)19-8-7-11-1-3-12(10-21)4-2-11/h1-6,9,21H,7-8,10H2,(H2,19,20,22). The number of rotatable bonds is 5. The van der Waals surface area contributed by atoms with Crippen LogP contribution in [0, 0.1) is 5.82 Å². The molecule has 0 bridgehead atoms. The SMILES string of the molecule is O=C(NCCc1ccc(CO)cc1)Nc1ccc(F)cc1Cl. The lowest BCUT2D eigenvalue weighted by molar-refractivity contribution is 0.252. The molecular weight excluding hydrogens is 307 g/mol. The second kappa shape index (κ2) is 7.77. The van der Waals surface area contributed by atoms with Gasteiger partial charge in [-0.05, 0) is 35.7 Å². The number of benzene rings is 2. The molecule has 0 spiro atoms. The zero-order chi connectivity index (χ0) is 15.9. The Bertz CT molecular complexity index is 647. The maximum atomic E-state index is 12.9. The molecule has 0 radical (unpaired) electrons. The van der Waals surface area contributed by atoms with Gasteiger partial charge in [0.1, 0.15) is 5.82 Å². The van der Waals surface area contributed by atoms with Gasteiger partial charge in [-0.1, -0.05) is 35.9 Å². The lowest BCUT2D eigenvalue weighted by Gasteiger charge is -2.09. The van der Waals surface area contributed by atoms with Crippen LogP contribution >= 0.6 is 11.6 Å². The number of hydrogen-bond donors (Lipinski definition) is 3. The Morgan fingerprint density at radius 1 is 1.14 bits per heavy atom. The van der Waals surface area contributed by atoms with Gasteiger partial charge >= 0.3 is 6.03 Å². The Morgan fingerprint density at radius 3 is 2.45 bits per heavy atom. The van der Waals surface area contributed by atoms with Crippen molar-refractivity contribution >= 4 is 23.3 Å². The summed E-state index contributed by atoms with van der Waals surface area (Å²) in [4.78, 5) is 11.7. The fraction of sp³-hybridized carbons (Fsp3) is 0.188. The monoisotopic (exact) mass is 322 g/mol. The van der Waals surface area contributed by atoms with Crippen LogP contribution in [0.1, 0.15) is 11.1 Å². The molecule has 6 heteroatoms. The lowest BCUT2D eigenvalue weighted by Crippen LogP contribution is -2.30. The highest BCUT2D eigenvalue weighted by Gasteiger charge is 2.06. The van der Waals surface area contributed by atoms with Crippen molar-refractivity contribution in [2.24, 2.45) is 0 Å². The summed E-state index contributed by atoms with van der Waals surface area (Å²) >= 11 is 5.83. The van der Waals surface area contributed by atoms with Crippen LogP contribution in [-0.2, 0) is 13.0 Å². The van der Waals surface area contributed by atoms with Crippen molar-refractivity contribution in [3.63, 3.8) is 0 Å². The molecule has 116 valence electrons. The number of aliphatic hydroxyl groups excluding tert-OH is 1. The van der Waals surface area contributed by atoms with E-state index in [1.54, 1.807) is 0 Å². The molecule has 22 heavy (non-hydrogen) atoms. The predicted octanol–water partition coefficient (Wildman–Crippen LogP) is 3.34. The van der Waals surface area contributed by atoms with Gasteiger partial charge in [0.25, 0.3) is 0 Å². The second-order valence-electron chi connectivity index (χ2n) is 4.73. The number of nitrogens with one attached hydrogen (secondary N) is 2. The minimum atomic E-state index is -0.456. The Labute approximate surface area is 132 Å². The first kappa shape index (κ1) is 16.3. The van der Waals surface area contributed by atoms with Crippen molar-refractivity contribution in [3.8, 4) is 0 Å². The van der Waals surface area contributed by atoms with E-state index in [1.165, 1.54) is 12.1 Å². The van der Waals surface area contributed by atoms with Crippen molar-refractivity contribution in [1.29, 1.82) is 0 Å². The topological polar surface area (TPSA) is 61.4 Å². The third-order valence-corrected chi connectivity index (χ3v) is 3.40. The first-order valence-electron chi connectivity index (χ1n) is 6.77. The van der Waals surface area contributed by atoms with Crippen LogP contribution in [0.15, 0.2) is 42.5 Å². The average molecular weight is 323 g/mol. The predicted molar refractivity (Wildman–Crippen MR) is 84.5 cm³/mol. The highest BCUT2D eigenvalue weighted by molar-refractivity contribution is 6.33. The molecular formula is C16H16ClFN2O2. The smallest absolute Gasteiger partial charge is 0.319 e. The van der Waals surface area contributed by atoms with Gasteiger partial charge in [-0.15, -0.1) is 0 Å². The maximum absolute atomic E-state index is 12.9. The number of carbonyl (C=O) groups is 1. The highest BCUT2D eigenvalue weighted by atomic mass is 35.5. The maximum Gasteiger partial charge on any atom is 0.319 e. The summed E-state index contributed by atoms with van der Waals surface area (Å²) in [7, 11) is 0. The molecule has 0 aromatic heterocycles. The van der Waals surface area contributed by atoms with Crippen LogP contribution in [0.4, 0.5) is 14.9 Å². The van der Waals surface area contributed by atoms with Gasteiger partial charge in [-0.2, -0.15) is 0 Å². The summed E-state index contributed by atoms with van der Waals surface area (Å²) in [6, 6.07) is 10.9. The minimum absolute atomic E-state index is 0.0133. The second-order valence-corrected chi connectivity index (χ2v) is 5.14. The van der Waals surface area contributed by atoms with Crippen molar-refractivity contribution in [2.75, 3.05) is 11.9 Å². The number of amides is 2. The third-order valence-electron chi connectivity index (χ3n) is 3.08. The van der Waals surface area contributed by atoms with Crippen LogP contribution in [0.3, 0.4) is 0 Å². The molecule has 0 saturated carbocycles. The van der Waals surface area contributed by atoms with Crippen LogP contribution in [0.5, 0.6) is 0 Å². The quantitative estimate of drug-likeness (QED) is 0.790. The number of urea groups is 1. The summed E-state index contributed by atoms with van der Waals surface area (Å²) in [5.41, 5.74) is 2.26. The molecule has 0 aliphatic carbocycles. The van der Waals surface area contributed by atoms with E-state index in [0.717, 1.165) is 17.2 Å². The van der Waals surface area contributed by atoms with Crippen LogP contribution in [-0.4, -0.2) is 17.7 Å². The van der Waals surface area contributed by atoms with Gasteiger partial charge in [0.15, 0.2) is 0 Å². The molecule has 0 saturated heterocycles. The van der Waals surface area contributed by atoms with E-state index in [-0.39, 0.29) is 11.6 Å². The summed E-state index contributed by atoms with van der Waals surface area (Å²) in [6.07, 6.45) is 0.663. The van der Waals surface area contributed by atoms with E-state index in [0.29, 0.717) is 18.7 Å². The van der Waals surface area contributed by atoms with E-state index in [1.807, 2.05) is 24.3 Å². The molecule has 3 N–H and O–H groups in total. The summed E-state index contributed by atoms with van der Waals surface area (Å²) in [5.74, 6) is -0.456. The summed E-state index contributed by atoms with van der Waals surface area (Å²) < 4.78 is 12.9. The van der Waals surface area contributed by atoms with E-state index in [4.69, 9.17) is 16.7 Å². The molecule has 2 amide bonds. The van der Waals surface area contributed by atoms with E-state index in [2.05, 4.69) is 10.6 Å². The zero-order valence-corrected chi connectivity index (χ0v) is 12.5. The Hall–Kier alpha value is -2.11. The van der Waals surface area contributed by atoms with Gasteiger partial charge in [0, 0.05) is 6.54 Å². The molecule has 4 nitrogen and oxygen atoms in total. The molecule has 0 atom stereocenters. The summed E-state index contributed by atoms with van der Waals surface area (Å²) in [6.45, 7) is 0.461. The molecule has 0 aliphatic rings. The van der Waals surface area contributed by atoms with E-state index >= 15 is 0 Å². The normalized spacial score (nSPS) is 10.3. The van der Waals surface area contributed by atoms with Gasteiger partial charge in [0.2, 0.25) is 0 Å². The highest BCUT2D eigenvalue weighted by Crippen LogP contribution is 2.22. The molecule has 0 fully saturated rings. The molecule has 2 aromatic carbocycles. The molecule has 0 unspecified atom stereocenters. The zero-order valence-electron chi connectivity index (χ0n) is 11.8. The van der Waals surface area contributed by atoms with Gasteiger partial charge in [-0.25, -0.2) is 9.18 Å². The van der Waals surface area contributed by atoms with Gasteiger partial charge < -0.3 is 15.7 Å². The molecule has 2 rings (SSSR count). The average Bonchev–Trinajstić information content (AvgIpc) is 2.51. The Kier molecular flexibility index (Phi) is 5.75. The van der Waals surface area contributed by atoms with Crippen molar-refractivity contribution in [3.05, 3.63) is 64.4 Å². The first-order valence-corrected chi connectivity index (χ1v) is 7.15. The molecule has 0 aliphatic heterocycles. The number of anilines is 1. The third kappa shape index (κ3) is 4.72. The lowest BCUT2D eigenvalue weighted by atomic mass is 10.1. The fourth-order valence-corrected chi connectivity index (χ4v) is 2.10. The number of hydrogen-bond acceptors (Lipinski definition) is 2. The number of carbonyl (C=O) groups excluding carboxylic acids is 1.